The van der Waals surface area contributed by atoms with Crippen LogP contribution in [0.15, 0.2) is 22.8 Å². The molecule has 1 aromatic rings. The molecule has 0 fully saturated rings. The van der Waals surface area contributed by atoms with Crippen LogP contribution in [0.2, 0.25) is 0 Å². The van der Waals surface area contributed by atoms with Gasteiger partial charge in [0.25, 0.3) is 0 Å². The summed E-state index contributed by atoms with van der Waals surface area (Å²) in [7, 11) is 0. The first-order chi connectivity index (χ1) is 8.74. The maximum atomic E-state index is 10.4. The molecule has 1 aromatic heterocycles. The molecule has 0 saturated heterocycles. The van der Waals surface area contributed by atoms with Crippen LogP contribution in [-0.4, -0.2) is 11.1 Å². The standard InChI is InChI=1S/C15H18O3/c1-2-3-4-5-6-7-8-13-11-12-18-14(13)9-10-15(16)17/h9-12H,2-6H2,1H3,(H,16,17). The Labute approximate surface area is 108 Å². The van der Waals surface area contributed by atoms with Crippen LogP contribution in [0, 0.1) is 11.8 Å². The average molecular weight is 246 g/mol. The lowest BCUT2D eigenvalue weighted by Crippen LogP contribution is -1.85. The SMILES string of the molecule is CCCCCCC#Cc1ccoc1C=CC(=O)O. The second kappa shape index (κ2) is 8.19. The summed E-state index contributed by atoms with van der Waals surface area (Å²) in [5.41, 5.74) is 0.739. The molecule has 0 aliphatic heterocycles. The van der Waals surface area contributed by atoms with Crippen LogP contribution < -0.4 is 0 Å². The largest absolute Gasteiger partial charge is 0.478 e. The third kappa shape index (κ3) is 5.40. The van der Waals surface area contributed by atoms with Crippen LogP contribution in [0.25, 0.3) is 6.08 Å². The lowest BCUT2D eigenvalue weighted by Gasteiger charge is -1.92. The van der Waals surface area contributed by atoms with Gasteiger partial charge in [0.05, 0.1) is 11.8 Å². The number of carboxylic acid groups (broad SMARTS) is 1. The van der Waals surface area contributed by atoms with Crippen LogP contribution in [0.4, 0.5) is 0 Å². The van der Waals surface area contributed by atoms with Gasteiger partial charge in [0.15, 0.2) is 0 Å². The van der Waals surface area contributed by atoms with E-state index in [-0.39, 0.29) is 0 Å². The van der Waals surface area contributed by atoms with Crippen molar-refractivity contribution in [3.63, 3.8) is 0 Å². The van der Waals surface area contributed by atoms with Crippen LogP contribution >= 0.6 is 0 Å². The minimum Gasteiger partial charge on any atom is -0.478 e. The maximum Gasteiger partial charge on any atom is 0.328 e. The molecule has 3 heteroatoms. The molecule has 0 aromatic carbocycles. The van der Waals surface area contributed by atoms with Gasteiger partial charge in [0.1, 0.15) is 5.76 Å². The molecule has 1 heterocycles. The fourth-order valence-corrected chi connectivity index (χ4v) is 1.50. The molecule has 0 aliphatic carbocycles. The first-order valence-corrected chi connectivity index (χ1v) is 6.21. The Kier molecular flexibility index (Phi) is 6.42. The predicted molar refractivity (Wildman–Crippen MR) is 71.0 cm³/mol. The van der Waals surface area contributed by atoms with E-state index in [1.54, 1.807) is 6.07 Å². The van der Waals surface area contributed by atoms with Crippen LogP contribution in [0.1, 0.15) is 50.4 Å². The molecule has 3 nitrogen and oxygen atoms in total. The number of aliphatic carboxylic acids is 1. The van der Waals surface area contributed by atoms with Gasteiger partial charge >= 0.3 is 5.97 Å². The van der Waals surface area contributed by atoms with E-state index in [1.165, 1.54) is 31.6 Å². The maximum absolute atomic E-state index is 10.4. The Balaban J connectivity index is 2.50. The summed E-state index contributed by atoms with van der Waals surface area (Å²) in [5, 5.41) is 8.54. The van der Waals surface area contributed by atoms with E-state index in [0.717, 1.165) is 24.5 Å². The molecule has 0 radical (unpaired) electrons. The summed E-state index contributed by atoms with van der Waals surface area (Å²) in [6.45, 7) is 2.18. The van der Waals surface area contributed by atoms with Crippen molar-refractivity contribution in [2.45, 2.75) is 39.0 Å². The lowest BCUT2D eigenvalue weighted by atomic mass is 10.1. The average Bonchev–Trinajstić information content (AvgIpc) is 2.78. The summed E-state index contributed by atoms with van der Waals surface area (Å²) >= 11 is 0. The highest BCUT2D eigenvalue weighted by Gasteiger charge is 1.99. The van der Waals surface area contributed by atoms with Crippen LogP contribution in [0.3, 0.4) is 0 Å². The van der Waals surface area contributed by atoms with Crippen molar-refractivity contribution in [2.24, 2.45) is 0 Å². The number of hydrogen-bond acceptors (Lipinski definition) is 2. The monoisotopic (exact) mass is 246 g/mol. The molecule has 0 bridgehead atoms. The van der Waals surface area contributed by atoms with Gasteiger partial charge in [-0.3, -0.25) is 0 Å². The third-order valence-electron chi connectivity index (χ3n) is 2.45. The van der Waals surface area contributed by atoms with E-state index in [0.29, 0.717) is 5.76 Å². The molecule has 0 saturated carbocycles. The van der Waals surface area contributed by atoms with E-state index in [4.69, 9.17) is 9.52 Å². The van der Waals surface area contributed by atoms with E-state index < -0.39 is 5.97 Å². The van der Waals surface area contributed by atoms with Gasteiger partial charge in [-0.2, -0.15) is 0 Å². The molecular formula is C15H18O3. The Morgan fingerprint density at radius 1 is 1.44 bits per heavy atom. The van der Waals surface area contributed by atoms with E-state index in [1.807, 2.05) is 0 Å². The predicted octanol–water partition coefficient (Wildman–Crippen LogP) is 3.70. The highest BCUT2D eigenvalue weighted by atomic mass is 16.4. The van der Waals surface area contributed by atoms with Gasteiger partial charge in [-0.1, -0.05) is 38.0 Å². The molecule has 1 rings (SSSR count). The molecule has 0 atom stereocenters. The van der Waals surface area contributed by atoms with E-state index in [9.17, 15) is 4.79 Å². The minimum absolute atomic E-state index is 0.499. The molecule has 0 spiro atoms. The summed E-state index contributed by atoms with van der Waals surface area (Å²) in [6, 6.07) is 1.75. The fraction of sp³-hybridized carbons (Fsp3) is 0.400. The zero-order valence-corrected chi connectivity index (χ0v) is 10.6. The molecule has 18 heavy (non-hydrogen) atoms. The Morgan fingerprint density at radius 3 is 3.00 bits per heavy atom. The lowest BCUT2D eigenvalue weighted by molar-refractivity contribution is -0.131. The van der Waals surface area contributed by atoms with Gasteiger partial charge < -0.3 is 9.52 Å². The van der Waals surface area contributed by atoms with Gasteiger partial charge in [-0.25, -0.2) is 4.79 Å². The highest BCUT2D eigenvalue weighted by molar-refractivity contribution is 5.85. The first-order valence-electron chi connectivity index (χ1n) is 6.21. The van der Waals surface area contributed by atoms with Gasteiger partial charge in [0, 0.05) is 12.5 Å². The van der Waals surface area contributed by atoms with E-state index >= 15 is 0 Å². The molecule has 96 valence electrons. The highest BCUT2D eigenvalue weighted by Crippen LogP contribution is 2.11. The van der Waals surface area contributed by atoms with E-state index in [2.05, 4.69) is 18.8 Å². The quantitative estimate of drug-likeness (QED) is 0.473. The summed E-state index contributed by atoms with van der Waals surface area (Å²) in [5.74, 6) is 5.59. The van der Waals surface area contributed by atoms with Gasteiger partial charge in [0.2, 0.25) is 0 Å². The van der Waals surface area contributed by atoms with Crippen LogP contribution in [-0.2, 0) is 4.79 Å². The second-order valence-electron chi connectivity index (χ2n) is 3.98. The van der Waals surface area contributed by atoms with Crippen molar-refractivity contribution in [1.82, 2.24) is 0 Å². The molecule has 0 amide bonds. The second-order valence-corrected chi connectivity index (χ2v) is 3.98. The van der Waals surface area contributed by atoms with Crippen molar-refractivity contribution in [3.8, 4) is 11.8 Å². The summed E-state index contributed by atoms with van der Waals surface area (Å²) in [4.78, 5) is 10.4. The van der Waals surface area contributed by atoms with Crippen LogP contribution in [0.5, 0.6) is 0 Å². The van der Waals surface area contributed by atoms with Gasteiger partial charge in [-0.15, -0.1) is 0 Å². The number of unbranched alkanes of at least 4 members (excludes halogenated alkanes) is 4. The normalized spacial score (nSPS) is 10.3. The number of furan rings is 1. The van der Waals surface area contributed by atoms with Crippen molar-refractivity contribution < 1.29 is 14.3 Å². The van der Waals surface area contributed by atoms with Crippen molar-refractivity contribution in [1.29, 1.82) is 0 Å². The van der Waals surface area contributed by atoms with Crippen molar-refractivity contribution in [2.75, 3.05) is 0 Å². The number of carbonyl (C=O) groups is 1. The molecule has 0 unspecified atom stereocenters. The Hall–Kier alpha value is -1.95. The summed E-state index contributed by atoms with van der Waals surface area (Å²) in [6.07, 6.45) is 9.64. The topological polar surface area (TPSA) is 50.4 Å². The molecule has 0 aliphatic rings. The smallest absolute Gasteiger partial charge is 0.328 e. The van der Waals surface area contributed by atoms with Gasteiger partial charge in [-0.05, 0) is 18.6 Å². The molecule has 1 N–H and O–H groups in total. The number of hydrogen-bond donors (Lipinski definition) is 1. The fourth-order valence-electron chi connectivity index (χ4n) is 1.50. The number of rotatable bonds is 6. The Morgan fingerprint density at radius 2 is 2.28 bits per heavy atom. The zero-order valence-electron chi connectivity index (χ0n) is 10.6. The third-order valence-corrected chi connectivity index (χ3v) is 2.45. The van der Waals surface area contributed by atoms with Crippen molar-refractivity contribution in [3.05, 3.63) is 29.7 Å². The minimum atomic E-state index is -0.995. The van der Waals surface area contributed by atoms with Crippen molar-refractivity contribution >= 4 is 12.0 Å². The zero-order chi connectivity index (χ0) is 13.2. The first kappa shape index (κ1) is 14.1. The molecular weight excluding hydrogens is 228 g/mol. The Bertz CT molecular complexity index is 458. The number of carboxylic acids is 1. The summed E-state index contributed by atoms with van der Waals surface area (Å²) < 4.78 is 5.16.